The third kappa shape index (κ3) is 4.65. The maximum Gasteiger partial charge on any atom is 0.256 e. The summed E-state index contributed by atoms with van der Waals surface area (Å²) in [6.07, 6.45) is 0. The highest BCUT2D eigenvalue weighted by atomic mass is 35.5. The third-order valence-electron chi connectivity index (χ3n) is 5.27. The molecule has 4 aromatic rings. The second-order valence-corrected chi connectivity index (χ2v) is 7.88. The Morgan fingerprint density at radius 3 is 2.26 bits per heavy atom. The van der Waals surface area contributed by atoms with E-state index in [1.807, 2.05) is 0 Å². The summed E-state index contributed by atoms with van der Waals surface area (Å²) < 4.78 is 12.1. The van der Waals surface area contributed by atoms with Crippen LogP contribution in [-0.4, -0.2) is 29.9 Å². The van der Waals surface area contributed by atoms with Gasteiger partial charge < -0.3 is 14.8 Å². The third-order valence-corrected chi connectivity index (χ3v) is 5.52. The zero-order valence-electron chi connectivity index (χ0n) is 18.8. The Hall–Kier alpha value is -4.10. The van der Waals surface area contributed by atoms with Crippen LogP contribution < -0.4 is 20.2 Å². The van der Waals surface area contributed by atoms with Crippen LogP contribution in [0.5, 0.6) is 11.5 Å². The number of anilines is 1. The van der Waals surface area contributed by atoms with E-state index in [0.717, 1.165) is 0 Å². The quantitative estimate of drug-likeness (QED) is 0.418. The number of carbonyl (C=O) groups excluding carboxylic acids is 1. The van der Waals surface area contributed by atoms with Crippen molar-refractivity contribution in [2.24, 2.45) is 0 Å². The number of methoxy groups -OCH3 is 2. The Labute approximate surface area is 201 Å². The zero-order valence-corrected chi connectivity index (χ0v) is 19.6. The maximum atomic E-state index is 13.3. The van der Waals surface area contributed by atoms with Crippen molar-refractivity contribution in [2.45, 2.75) is 6.92 Å². The Balaban J connectivity index is 1.93. The molecular formula is C26H22ClN3O4. The van der Waals surface area contributed by atoms with Gasteiger partial charge in [0.1, 0.15) is 23.0 Å². The fraction of sp³-hybridized carbons (Fsp3) is 0.115. The van der Waals surface area contributed by atoms with Crippen molar-refractivity contribution in [3.8, 4) is 28.3 Å². The van der Waals surface area contributed by atoms with Gasteiger partial charge in [-0.2, -0.15) is 5.10 Å². The van der Waals surface area contributed by atoms with Gasteiger partial charge in [0.05, 0.1) is 25.5 Å². The van der Waals surface area contributed by atoms with Crippen LogP contribution in [0.2, 0.25) is 5.02 Å². The number of hydrogen-bond donors (Lipinski definition) is 1. The number of benzene rings is 3. The SMILES string of the molecule is COc1ccc(C(=O)Nc2c(-c3cccc(OC)c3)c(=O)c(C)nn2-c2ccc(Cl)cc2)cc1. The highest BCUT2D eigenvalue weighted by Gasteiger charge is 2.21. The van der Waals surface area contributed by atoms with Gasteiger partial charge in [0.15, 0.2) is 0 Å². The standard InChI is InChI=1S/C26H22ClN3O4/c1-16-24(31)23(18-5-4-6-22(15-18)34-3)25(30(29-16)20-11-9-19(27)10-12-20)28-26(32)17-7-13-21(33-2)14-8-17/h4-15H,1-3H3,(H,28,32). The second kappa shape index (κ2) is 9.80. The van der Waals surface area contributed by atoms with Crippen molar-refractivity contribution in [2.75, 3.05) is 19.5 Å². The molecule has 0 aliphatic rings. The molecule has 0 saturated heterocycles. The fourth-order valence-corrected chi connectivity index (χ4v) is 3.62. The summed E-state index contributed by atoms with van der Waals surface area (Å²) >= 11 is 6.07. The lowest BCUT2D eigenvalue weighted by atomic mass is 10.0. The van der Waals surface area contributed by atoms with Gasteiger partial charge in [-0.1, -0.05) is 23.7 Å². The molecule has 1 aromatic heterocycles. The van der Waals surface area contributed by atoms with Gasteiger partial charge in [0.2, 0.25) is 5.43 Å². The number of hydrogen-bond acceptors (Lipinski definition) is 5. The van der Waals surface area contributed by atoms with Crippen LogP contribution in [0.3, 0.4) is 0 Å². The molecule has 0 unspecified atom stereocenters. The minimum Gasteiger partial charge on any atom is -0.497 e. The van der Waals surface area contributed by atoms with Crippen LogP contribution in [0.25, 0.3) is 16.8 Å². The van der Waals surface area contributed by atoms with Gasteiger partial charge in [0.25, 0.3) is 5.91 Å². The van der Waals surface area contributed by atoms with Gasteiger partial charge in [-0.3, -0.25) is 9.59 Å². The average Bonchev–Trinajstić information content (AvgIpc) is 2.87. The Morgan fingerprint density at radius 2 is 1.62 bits per heavy atom. The number of amides is 1. The van der Waals surface area contributed by atoms with Gasteiger partial charge in [-0.25, -0.2) is 4.68 Å². The Bertz CT molecular complexity index is 1400. The molecule has 0 aliphatic carbocycles. The number of aryl methyl sites for hydroxylation is 1. The molecule has 4 rings (SSSR count). The molecule has 8 heteroatoms. The van der Waals surface area contributed by atoms with Crippen LogP contribution in [0.1, 0.15) is 16.1 Å². The van der Waals surface area contributed by atoms with Gasteiger partial charge >= 0.3 is 0 Å². The topological polar surface area (TPSA) is 82.4 Å². The average molecular weight is 476 g/mol. The Morgan fingerprint density at radius 1 is 0.941 bits per heavy atom. The van der Waals surface area contributed by atoms with Crippen LogP contribution in [0, 0.1) is 6.92 Å². The summed E-state index contributed by atoms with van der Waals surface area (Å²) in [6.45, 7) is 1.63. The van der Waals surface area contributed by atoms with Crippen molar-refractivity contribution in [3.63, 3.8) is 0 Å². The Kier molecular flexibility index (Phi) is 6.65. The molecule has 0 spiro atoms. The highest BCUT2D eigenvalue weighted by Crippen LogP contribution is 2.30. The summed E-state index contributed by atoms with van der Waals surface area (Å²) in [4.78, 5) is 26.5. The second-order valence-electron chi connectivity index (χ2n) is 7.44. The number of rotatable bonds is 6. The van der Waals surface area contributed by atoms with E-state index in [-0.39, 0.29) is 16.9 Å². The van der Waals surface area contributed by atoms with E-state index in [1.54, 1.807) is 93.9 Å². The summed E-state index contributed by atoms with van der Waals surface area (Å²) in [5.74, 6) is 1.03. The lowest BCUT2D eigenvalue weighted by Gasteiger charge is -2.19. The summed E-state index contributed by atoms with van der Waals surface area (Å²) in [5, 5.41) is 7.92. The molecule has 0 bridgehead atoms. The summed E-state index contributed by atoms with van der Waals surface area (Å²) in [6, 6.07) is 20.7. The predicted molar refractivity (Wildman–Crippen MR) is 133 cm³/mol. The van der Waals surface area contributed by atoms with Crippen LogP contribution in [0.4, 0.5) is 5.82 Å². The number of carbonyl (C=O) groups is 1. The first-order valence-electron chi connectivity index (χ1n) is 10.4. The van der Waals surface area contributed by atoms with E-state index < -0.39 is 5.91 Å². The molecule has 1 amide bonds. The van der Waals surface area contributed by atoms with E-state index in [1.165, 1.54) is 4.68 Å². The first-order valence-corrected chi connectivity index (χ1v) is 10.8. The van der Waals surface area contributed by atoms with E-state index >= 15 is 0 Å². The monoisotopic (exact) mass is 475 g/mol. The van der Waals surface area contributed by atoms with Crippen molar-refractivity contribution >= 4 is 23.3 Å². The van der Waals surface area contributed by atoms with E-state index in [0.29, 0.717) is 38.9 Å². The van der Waals surface area contributed by atoms with Gasteiger partial charge in [-0.15, -0.1) is 0 Å². The normalized spacial score (nSPS) is 10.6. The first-order chi connectivity index (χ1) is 16.4. The van der Waals surface area contributed by atoms with E-state index in [9.17, 15) is 9.59 Å². The number of halogens is 1. The largest absolute Gasteiger partial charge is 0.497 e. The maximum absolute atomic E-state index is 13.3. The molecule has 34 heavy (non-hydrogen) atoms. The van der Waals surface area contributed by atoms with Crippen LogP contribution >= 0.6 is 11.6 Å². The predicted octanol–water partition coefficient (Wildman–Crippen LogP) is 5.13. The molecule has 3 aromatic carbocycles. The molecule has 172 valence electrons. The molecular weight excluding hydrogens is 454 g/mol. The molecule has 7 nitrogen and oxygen atoms in total. The highest BCUT2D eigenvalue weighted by molar-refractivity contribution is 6.30. The number of aromatic nitrogens is 2. The smallest absolute Gasteiger partial charge is 0.256 e. The summed E-state index contributed by atoms with van der Waals surface area (Å²) in [5.41, 5.74) is 1.87. The number of ether oxygens (including phenoxy) is 2. The number of nitrogens with zero attached hydrogens (tertiary/aromatic N) is 2. The minimum atomic E-state index is -0.403. The molecule has 0 radical (unpaired) electrons. The molecule has 0 fully saturated rings. The van der Waals surface area contributed by atoms with E-state index in [4.69, 9.17) is 21.1 Å². The van der Waals surface area contributed by atoms with Gasteiger partial charge in [0, 0.05) is 10.6 Å². The molecule has 1 heterocycles. The van der Waals surface area contributed by atoms with Crippen molar-refractivity contribution in [1.82, 2.24) is 9.78 Å². The summed E-state index contributed by atoms with van der Waals surface area (Å²) in [7, 11) is 3.10. The zero-order chi connectivity index (χ0) is 24.2. The van der Waals surface area contributed by atoms with Crippen LogP contribution in [-0.2, 0) is 0 Å². The van der Waals surface area contributed by atoms with Crippen molar-refractivity contribution < 1.29 is 14.3 Å². The van der Waals surface area contributed by atoms with E-state index in [2.05, 4.69) is 10.4 Å². The lowest BCUT2D eigenvalue weighted by molar-refractivity contribution is 0.102. The molecule has 0 atom stereocenters. The van der Waals surface area contributed by atoms with Gasteiger partial charge in [-0.05, 0) is 73.2 Å². The fourth-order valence-electron chi connectivity index (χ4n) is 3.49. The molecule has 1 N–H and O–H groups in total. The van der Waals surface area contributed by atoms with Crippen molar-refractivity contribution in [1.29, 1.82) is 0 Å². The minimum absolute atomic E-state index is 0.229. The number of nitrogens with one attached hydrogen (secondary N) is 1. The first kappa shape index (κ1) is 23.1. The lowest BCUT2D eigenvalue weighted by Crippen LogP contribution is -2.25. The van der Waals surface area contributed by atoms with Crippen molar-refractivity contribution in [3.05, 3.63) is 99.3 Å². The molecule has 0 aliphatic heterocycles. The van der Waals surface area contributed by atoms with Crippen LogP contribution in [0.15, 0.2) is 77.6 Å². The molecule has 0 saturated carbocycles.